The Morgan fingerprint density at radius 1 is 1.21 bits per heavy atom. The number of hydrogen-bond donors (Lipinski definition) is 2. The molecule has 0 aliphatic carbocycles. The van der Waals surface area contributed by atoms with E-state index in [4.69, 9.17) is 11.6 Å². The maximum absolute atomic E-state index is 12.1. The Labute approximate surface area is 150 Å². The van der Waals surface area contributed by atoms with Crippen LogP contribution in [0.2, 0.25) is 5.02 Å². The number of benzene rings is 2. The molecule has 3 rings (SSSR count). The predicted octanol–water partition coefficient (Wildman–Crippen LogP) is 2.28. The van der Waals surface area contributed by atoms with Crippen molar-refractivity contribution in [1.29, 1.82) is 0 Å². The average Bonchev–Trinajstić information content (AvgIpc) is 2.96. The third-order valence-corrected chi connectivity index (χ3v) is 4.94. The summed E-state index contributed by atoms with van der Waals surface area (Å²) in [5.41, 5.74) is 2.06. The fraction of sp³-hybridized carbons (Fsp3) is 0.222. The maximum atomic E-state index is 12.1. The summed E-state index contributed by atoms with van der Waals surface area (Å²) in [5.74, 6) is 0.0311. The molecule has 0 aliphatic heterocycles. The zero-order valence-corrected chi connectivity index (χ0v) is 15.0. The Bertz CT molecular complexity index is 799. The Hall–Kier alpha value is -1.95. The third kappa shape index (κ3) is 4.54. The number of rotatable bonds is 6. The lowest BCUT2D eigenvalue weighted by Gasteiger charge is -2.12. The number of fused-ring (bicyclic) bond motifs is 1. The first-order valence-electron chi connectivity index (χ1n) is 7.77. The Kier molecular flexibility index (Phi) is 5.45. The molecule has 0 saturated heterocycles. The number of carbonyl (C=O) groups is 1. The highest BCUT2D eigenvalue weighted by Gasteiger charge is 2.13. The Morgan fingerprint density at radius 2 is 1.96 bits per heavy atom. The summed E-state index contributed by atoms with van der Waals surface area (Å²) in [6.45, 7) is 1.68. The number of thiazole rings is 1. The van der Waals surface area contributed by atoms with E-state index in [2.05, 4.69) is 16.4 Å². The highest BCUT2D eigenvalue weighted by atomic mass is 35.5. The molecule has 1 atom stereocenters. The predicted molar refractivity (Wildman–Crippen MR) is 98.4 cm³/mol. The van der Waals surface area contributed by atoms with E-state index in [1.165, 1.54) is 4.70 Å². The minimum atomic E-state index is 0.0311. The summed E-state index contributed by atoms with van der Waals surface area (Å²) in [7, 11) is 2.01. The van der Waals surface area contributed by atoms with Crippen LogP contribution in [-0.4, -0.2) is 24.5 Å². The van der Waals surface area contributed by atoms with Crippen molar-refractivity contribution in [2.75, 3.05) is 13.6 Å². The van der Waals surface area contributed by atoms with Crippen molar-refractivity contribution < 1.29 is 9.69 Å². The van der Waals surface area contributed by atoms with Gasteiger partial charge in [-0.3, -0.25) is 4.79 Å². The average molecular weight is 361 g/mol. The lowest BCUT2D eigenvalue weighted by molar-refractivity contribution is -0.885. The van der Waals surface area contributed by atoms with E-state index in [9.17, 15) is 4.79 Å². The summed E-state index contributed by atoms with van der Waals surface area (Å²) in [6, 6.07) is 15.6. The third-order valence-electron chi connectivity index (χ3n) is 3.66. The van der Waals surface area contributed by atoms with Gasteiger partial charge in [-0.1, -0.05) is 35.9 Å². The van der Waals surface area contributed by atoms with E-state index < -0.39 is 0 Å². The SMILES string of the molecule is C[NH+](CC(=O)NCc1ccc(Cl)cc1)Cc1nc2ccccc2s1. The minimum Gasteiger partial charge on any atom is -0.347 e. The molecule has 1 amide bonds. The van der Waals surface area contributed by atoms with Crippen LogP contribution >= 0.6 is 22.9 Å². The molecule has 2 aromatic carbocycles. The van der Waals surface area contributed by atoms with Gasteiger partial charge in [0, 0.05) is 11.6 Å². The molecule has 0 saturated carbocycles. The van der Waals surface area contributed by atoms with Crippen LogP contribution in [0.15, 0.2) is 48.5 Å². The van der Waals surface area contributed by atoms with Gasteiger partial charge in [-0.15, -0.1) is 11.3 Å². The molecule has 6 heteroatoms. The number of aromatic nitrogens is 1. The number of likely N-dealkylation sites (N-methyl/N-ethyl adjacent to an activating group) is 1. The number of nitrogens with one attached hydrogen (secondary N) is 2. The molecular formula is C18H19ClN3OS+. The van der Waals surface area contributed by atoms with Gasteiger partial charge in [0.05, 0.1) is 17.3 Å². The summed E-state index contributed by atoms with van der Waals surface area (Å²) in [5, 5.41) is 4.70. The number of nitrogens with zero attached hydrogens (tertiary/aromatic N) is 1. The first-order valence-corrected chi connectivity index (χ1v) is 8.96. The number of hydrogen-bond acceptors (Lipinski definition) is 3. The lowest BCUT2D eigenvalue weighted by atomic mass is 10.2. The van der Waals surface area contributed by atoms with Crippen LogP contribution in [0.25, 0.3) is 10.2 Å². The zero-order valence-electron chi connectivity index (χ0n) is 13.4. The van der Waals surface area contributed by atoms with E-state index in [-0.39, 0.29) is 5.91 Å². The van der Waals surface area contributed by atoms with E-state index in [0.717, 1.165) is 27.5 Å². The molecule has 1 aromatic heterocycles. The molecule has 1 unspecified atom stereocenters. The number of amides is 1. The smallest absolute Gasteiger partial charge is 0.275 e. The number of quaternary nitrogens is 1. The fourth-order valence-corrected chi connectivity index (χ4v) is 3.66. The van der Waals surface area contributed by atoms with Gasteiger partial charge < -0.3 is 10.2 Å². The Balaban J connectivity index is 1.49. The molecule has 1 heterocycles. The van der Waals surface area contributed by atoms with Crippen LogP contribution in [0.5, 0.6) is 0 Å². The molecule has 0 spiro atoms. The van der Waals surface area contributed by atoms with E-state index in [1.807, 2.05) is 49.5 Å². The van der Waals surface area contributed by atoms with Gasteiger partial charge in [-0.05, 0) is 29.8 Å². The van der Waals surface area contributed by atoms with Gasteiger partial charge in [0.15, 0.2) is 6.54 Å². The first-order chi connectivity index (χ1) is 11.6. The quantitative estimate of drug-likeness (QED) is 0.708. The van der Waals surface area contributed by atoms with E-state index in [0.29, 0.717) is 18.1 Å². The highest BCUT2D eigenvalue weighted by Crippen LogP contribution is 2.20. The van der Waals surface area contributed by atoms with Crippen molar-refractivity contribution in [3.05, 3.63) is 64.1 Å². The number of para-hydroxylation sites is 1. The van der Waals surface area contributed by atoms with Crippen molar-refractivity contribution in [1.82, 2.24) is 10.3 Å². The Morgan fingerprint density at radius 3 is 2.71 bits per heavy atom. The molecule has 4 nitrogen and oxygen atoms in total. The van der Waals surface area contributed by atoms with Crippen LogP contribution in [0.1, 0.15) is 10.6 Å². The van der Waals surface area contributed by atoms with Crippen molar-refractivity contribution in [3.63, 3.8) is 0 Å². The van der Waals surface area contributed by atoms with Gasteiger partial charge >= 0.3 is 0 Å². The van der Waals surface area contributed by atoms with Crippen LogP contribution in [-0.2, 0) is 17.9 Å². The maximum Gasteiger partial charge on any atom is 0.275 e. The second-order valence-corrected chi connectivity index (χ2v) is 7.34. The molecule has 0 radical (unpaired) electrons. The van der Waals surface area contributed by atoms with Gasteiger partial charge in [-0.2, -0.15) is 0 Å². The monoisotopic (exact) mass is 360 g/mol. The van der Waals surface area contributed by atoms with Crippen LogP contribution in [0.4, 0.5) is 0 Å². The highest BCUT2D eigenvalue weighted by molar-refractivity contribution is 7.18. The van der Waals surface area contributed by atoms with Gasteiger partial charge in [0.25, 0.3) is 5.91 Å². The fourth-order valence-electron chi connectivity index (χ4n) is 2.46. The molecule has 2 N–H and O–H groups in total. The lowest BCUT2D eigenvalue weighted by Crippen LogP contribution is -3.08. The first kappa shape index (κ1) is 16.9. The normalized spacial score (nSPS) is 12.2. The molecule has 0 aliphatic rings. The molecule has 0 bridgehead atoms. The summed E-state index contributed by atoms with van der Waals surface area (Å²) >= 11 is 7.54. The molecule has 124 valence electrons. The zero-order chi connectivity index (χ0) is 16.9. The molecule has 0 fully saturated rings. The van der Waals surface area contributed by atoms with Gasteiger partial charge in [0.2, 0.25) is 0 Å². The van der Waals surface area contributed by atoms with Crippen molar-refractivity contribution in [2.24, 2.45) is 0 Å². The van der Waals surface area contributed by atoms with Crippen molar-refractivity contribution in [3.8, 4) is 0 Å². The summed E-state index contributed by atoms with van der Waals surface area (Å²) in [4.78, 5) is 17.8. The second kappa shape index (κ2) is 7.75. The van der Waals surface area contributed by atoms with Crippen LogP contribution < -0.4 is 10.2 Å². The summed E-state index contributed by atoms with van der Waals surface area (Å²) < 4.78 is 1.19. The van der Waals surface area contributed by atoms with Crippen molar-refractivity contribution >= 4 is 39.1 Å². The van der Waals surface area contributed by atoms with E-state index in [1.54, 1.807) is 11.3 Å². The largest absolute Gasteiger partial charge is 0.347 e. The van der Waals surface area contributed by atoms with Gasteiger partial charge in [-0.25, -0.2) is 4.98 Å². The number of carbonyl (C=O) groups excluding carboxylic acids is 1. The van der Waals surface area contributed by atoms with Crippen molar-refractivity contribution in [2.45, 2.75) is 13.1 Å². The summed E-state index contributed by atoms with van der Waals surface area (Å²) in [6.07, 6.45) is 0. The van der Waals surface area contributed by atoms with E-state index >= 15 is 0 Å². The molecule has 3 aromatic rings. The second-order valence-electron chi connectivity index (χ2n) is 5.79. The van der Waals surface area contributed by atoms with Crippen LogP contribution in [0.3, 0.4) is 0 Å². The minimum absolute atomic E-state index is 0.0311. The number of halogens is 1. The van der Waals surface area contributed by atoms with Gasteiger partial charge in [0.1, 0.15) is 11.6 Å². The molecular weight excluding hydrogens is 342 g/mol. The molecule has 24 heavy (non-hydrogen) atoms. The topological polar surface area (TPSA) is 46.4 Å². The van der Waals surface area contributed by atoms with Crippen LogP contribution in [0, 0.1) is 0 Å². The standard InChI is InChI=1S/C18H18ClN3OS/c1-22(12-18-21-15-4-2-3-5-16(15)24-18)11-17(23)20-10-13-6-8-14(19)9-7-13/h2-9H,10-12H2,1H3,(H,20,23)/p+1.